The van der Waals surface area contributed by atoms with Crippen molar-refractivity contribution in [1.82, 2.24) is 9.80 Å². The minimum atomic E-state index is -0.174. The molecule has 1 aromatic carbocycles. The van der Waals surface area contributed by atoms with Gasteiger partial charge in [-0.2, -0.15) is 0 Å². The van der Waals surface area contributed by atoms with Crippen molar-refractivity contribution in [1.29, 1.82) is 0 Å². The second-order valence-corrected chi connectivity index (χ2v) is 5.51. The van der Waals surface area contributed by atoms with Crippen LogP contribution in [0.2, 0.25) is 0 Å². The second-order valence-electron chi connectivity index (χ2n) is 5.51. The summed E-state index contributed by atoms with van der Waals surface area (Å²) >= 11 is 0. The van der Waals surface area contributed by atoms with E-state index < -0.39 is 0 Å². The standard InChI is InChI=1S/C16H23FN2O2/c1-13-3-4-15(17)11-14(13)12-19-9-7-18(8-10-19)6-5-16(20)21-2/h3-4,11H,5-10,12H2,1-2H3. The van der Waals surface area contributed by atoms with Crippen LogP contribution < -0.4 is 0 Å². The number of esters is 1. The first-order valence-corrected chi connectivity index (χ1v) is 7.35. The molecule has 1 heterocycles. The predicted octanol–water partition coefficient (Wildman–Crippen LogP) is 1.81. The maximum Gasteiger partial charge on any atom is 0.306 e. The molecule has 0 amide bonds. The van der Waals surface area contributed by atoms with Crippen LogP contribution in [0.25, 0.3) is 0 Å². The molecule has 0 N–H and O–H groups in total. The molecule has 116 valence electrons. The average Bonchev–Trinajstić information content (AvgIpc) is 2.50. The number of benzene rings is 1. The van der Waals surface area contributed by atoms with Crippen molar-refractivity contribution in [2.24, 2.45) is 0 Å². The Bertz CT molecular complexity index is 485. The summed E-state index contributed by atoms with van der Waals surface area (Å²) in [5.74, 6) is -0.333. The number of carbonyl (C=O) groups is 1. The SMILES string of the molecule is COC(=O)CCN1CCN(Cc2cc(F)ccc2C)CC1. The van der Waals surface area contributed by atoms with Crippen molar-refractivity contribution >= 4 is 5.97 Å². The molecule has 0 aliphatic carbocycles. The zero-order valence-corrected chi connectivity index (χ0v) is 12.8. The fourth-order valence-electron chi connectivity index (χ4n) is 2.57. The Morgan fingerprint density at radius 3 is 2.57 bits per heavy atom. The number of halogens is 1. The Kier molecular flexibility index (Phi) is 5.70. The van der Waals surface area contributed by atoms with Gasteiger partial charge in [0, 0.05) is 39.3 Å². The fourth-order valence-corrected chi connectivity index (χ4v) is 2.57. The van der Waals surface area contributed by atoms with Crippen molar-refractivity contribution in [3.63, 3.8) is 0 Å². The molecular formula is C16H23FN2O2. The van der Waals surface area contributed by atoms with E-state index in [1.54, 1.807) is 6.07 Å². The Hall–Kier alpha value is -1.46. The molecule has 21 heavy (non-hydrogen) atoms. The number of hydrogen-bond donors (Lipinski definition) is 0. The first kappa shape index (κ1) is 15.9. The van der Waals surface area contributed by atoms with E-state index in [2.05, 4.69) is 14.5 Å². The molecule has 0 radical (unpaired) electrons. The highest BCUT2D eigenvalue weighted by atomic mass is 19.1. The second kappa shape index (κ2) is 7.52. The summed E-state index contributed by atoms with van der Waals surface area (Å²) in [6.45, 7) is 7.31. The molecule has 0 bridgehead atoms. The first-order chi connectivity index (χ1) is 10.1. The number of nitrogens with zero attached hydrogens (tertiary/aromatic N) is 2. The van der Waals surface area contributed by atoms with Gasteiger partial charge in [-0.25, -0.2) is 4.39 Å². The molecule has 1 aromatic rings. The maximum atomic E-state index is 13.3. The largest absolute Gasteiger partial charge is 0.469 e. The van der Waals surface area contributed by atoms with E-state index in [9.17, 15) is 9.18 Å². The van der Waals surface area contributed by atoms with Gasteiger partial charge >= 0.3 is 5.97 Å². The number of piperazine rings is 1. The molecule has 0 spiro atoms. The van der Waals surface area contributed by atoms with E-state index in [0.29, 0.717) is 6.42 Å². The quantitative estimate of drug-likeness (QED) is 0.776. The van der Waals surface area contributed by atoms with Gasteiger partial charge in [0.25, 0.3) is 0 Å². The topological polar surface area (TPSA) is 32.8 Å². The fraction of sp³-hybridized carbons (Fsp3) is 0.562. The van der Waals surface area contributed by atoms with Crippen molar-refractivity contribution in [3.05, 3.63) is 35.1 Å². The molecule has 2 rings (SSSR count). The number of methoxy groups -OCH3 is 1. The van der Waals surface area contributed by atoms with E-state index in [0.717, 1.165) is 50.4 Å². The Morgan fingerprint density at radius 2 is 1.90 bits per heavy atom. The number of aryl methyl sites for hydroxylation is 1. The van der Waals surface area contributed by atoms with Crippen LogP contribution in [0.5, 0.6) is 0 Å². The number of hydrogen-bond acceptors (Lipinski definition) is 4. The van der Waals surface area contributed by atoms with Crippen molar-refractivity contribution in [3.8, 4) is 0 Å². The maximum absolute atomic E-state index is 13.3. The molecular weight excluding hydrogens is 271 g/mol. The monoisotopic (exact) mass is 294 g/mol. The third-order valence-corrected chi connectivity index (χ3v) is 4.03. The lowest BCUT2D eigenvalue weighted by atomic mass is 10.1. The van der Waals surface area contributed by atoms with Crippen molar-refractivity contribution < 1.29 is 13.9 Å². The molecule has 1 saturated heterocycles. The smallest absolute Gasteiger partial charge is 0.306 e. The van der Waals surface area contributed by atoms with Crippen molar-refractivity contribution in [2.75, 3.05) is 39.8 Å². The van der Waals surface area contributed by atoms with Gasteiger partial charge in [0.1, 0.15) is 5.82 Å². The third-order valence-electron chi connectivity index (χ3n) is 4.03. The molecule has 0 unspecified atom stereocenters. The summed E-state index contributed by atoms with van der Waals surface area (Å²) in [6, 6.07) is 4.96. The average molecular weight is 294 g/mol. The summed E-state index contributed by atoms with van der Waals surface area (Å²) in [6.07, 6.45) is 0.444. The van der Waals surface area contributed by atoms with E-state index in [4.69, 9.17) is 0 Å². The lowest BCUT2D eigenvalue weighted by molar-refractivity contribution is -0.141. The predicted molar refractivity (Wildman–Crippen MR) is 79.5 cm³/mol. The van der Waals surface area contributed by atoms with Crippen molar-refractivity contribution in [2.45, 2.75) is 19.9 Å². The number of rotatable bonds is 5. The van der Waals surface area contributed by atoms with Crippen LogP contribution in [0.4, 0.5) is 4.39 Å². The third kappa shape index (κ3) is 4.79. The van der Waals surface area contributed by atoms with Crippen LogP contribution in [-0.2, 0) is 16.1 Å². The van der Waals surface area contributed by atoms with Crippen LogP contribution in [0, 0.1) is 12.7 Å². The van der Waals surface area contributed by atoms with Gasteiger partial charge < -0.3 is 9.64 Å². The minimum Gasteiger partial charge on any atom is -0.469 e. The van der Waals surface area contributed by atoms with Crippen LogP contribution >= 0.6 is 0 Å². The van der Waals surface area contributed by atoms with Gasteiger partial charge in [0.2, 0.25) is 0 Å². The van der Waals surface area contributed by atoms with Crippen LogP contribution in [-0.4, -0.2) is 55.6 Å². The highest BCUT2D eigenvalue weighted by Crippen LogP contribution is 2.14. The molecule has 0 saturated carbocycles. The molecule has 4 nitrogen and oxygen atoms in total. The Balaban J connectivity index is 1.79. The molecule has 1 aliphatic rings. The van der Waals surface area contributed by atoms with E-state index in [-0.39, 0.29) is 11.8 Å². The molecule has 5 heteroatoms. The van der Waals surface area contributed by atoms with Gasteiger partial charge in [-0.05, 0) is 30.2 Å². The Morgan fingerprint density at radius 1 is 1.24 bits per heavy atom. The normalized spacial score (nSPS) is 16.9. The van der Waals surface area contributed by atoms with E-state index in [1.807, 2.05) is 13.0 Å². The zero-order chi connectivity index (χ0) is 15.2. The van der Waals surface area contributed by atoms with E-state index in [1.165, 1.54) is 13.2 Å². The zero-order valence-electron chi connectivity index (χ0n) is 12.8. The molecule has 1 aliphatic heterocycles. The van der Waals surface area contributed by atoms with Crippen LogP contribution in [0.1, 0.15) is 17.5 Å². The summed E-state index contributed by atoms with van der Waals surface area (Å²) in [5.41, 5.74) is 2.18. The van der Waals surface area contributed by atoms with Gasteiger partial charge in [-0.3, -0.25) is 9.69 Å². The minimum absolute atomic E-state index is 0.159. The first-order valence-electron chi connectivity index (χ1n) is 7.35. The van der Waals surface area contributed by atoms with Crippen LogP contribution in [0.3, 0.4) is 0 Å². The molecule has 1 fully saturated rings. The summed E-state index contributed by atoms with van der Waals surface area (Å²) in [7, 11) is 1.42. The summed E-state index contributed by atoms with van der Waals surface area (Å²) in [4.78, 5) is 15.7. The van der Waals surface area contributed by atoms with Crippen LogP contribution in [0.15, 0.2) is 18.2 Å². The summed E-state index contributed by atoms with van der Waals surface area (Å²) in [5, 5.41) is 0. The highest BCUT2D eigenvalue weighted by molar-refractivity contribution is 5.69. The number of carbonyl (C=O) groups excluding carboxylic acids is 1. The van der Waals surface area contributed by atoms with Gasteiger partial charge in [0.05, 0.1) is 13.5 Å². The van der Waals surface area contributed by atoms with Gasteiger partial charge in [-0.1, -0.05) is 6.07 Å². The molecule has 0 atom stereocenters. The van der Waals surface area contributed by atoms with E-state index >= 15 is 0 Å². The summed E-state index contributed by atoms with van der Waals surface area (Å²) < 4.78 is 18.0. The highest BCUT2D eigenvalue weighted by Gasteiger charge is 2.18. The lowest BCUT2D eigenvalue weighted by Crippen LogP contribution is -2.46. The number of ether oxygens (including phenoxy) is 1. The lowest BCUT2D eigenvalue weighted by Gasteiger charge is -2.34. The van der Waals surface area contributed by atoms with Gasteiger partial charge in [-0.15, -0.1) is 0 Å². The Labute approximate surface area is 125 Å². The molecule has 0 aromatic heterocycles. The van der Waals surface area contributed by atoms with Gasteiger partial charge in [0.15, 0.2) is 0 Å².